The lowest BCUT2D eigenvalue weighted by Gasteiger charge is -2.37. The number of rotatable bonds is 5. The van der Waals surface area contributed by atoms with Gasteiger partial charge in [-0.05, 0) is 29.7 Å². The summed E-state index contributed by atoms with van der Waals surface area (Å²) in [5.41, 5.74) is 3.69. The molecule has 1 N–H and O–H groups in total. The topological polar surface area (TPSA) is 67.9 Å². The Labute approximate surface area is 176 Å². The molecule has 2 aromatic rings. The van der Waals surface area contributed by atoms with Gasteiger partial charge < -0.3 is 14.8 Å². The predicted octanol–water partition coefficient (Wildman–Crippen LogP) is 2.37. The van der Waals surface area contributed by atoms with E-state index in [0.717, 1.165) is 57.1 Å². The minimum absolute atomic E-state index is 0.00968. The summed E-state index contributed by atoms with van der Waals surface area (Å²) in [5, 5.41) is 3.11. The first-order chi connectivity index (χ1) is 14.7. The Bertz CT molecular complexity index is 961. The fourth-order valence-corrected chi connectivity index (χ4v) is 4.83. The second kappa shape index (κ2) is 8.30. The number of carbonyl (C=O) groups is 2. The lowest BCUT2D eigenvalue weighted by Crippen LogP contribution is -2.52. The molecule has 1 amide bonds. The zero-order valence-electron chi connectivity index (χ0n) is 16.9. The molecule has 156 valence electrons. The van der Waals surface area contributed by atoms with Gasteiger partial charge in [-0.3, -0.25) is 14.5 Å². The van der Waals surface area contributed by atoms with Crippen LogP contribution in [0.25, 0.3) is 11.1 Å². The van der Waals surface area contributed by atoms with Gasteiger partial charge in [0.2, 0.25) is 0 Å². The molecule has 0 radical (unpaired) electrons. The Balaban J connectivity index is 1.31. The number of ketones is 1. The van der Waals surface area contributed by atoms with Crippen LogP contribution in [0.1, 0.15) is 32.7 Å². The van der Waals surface area contributed by atoms with Gasteiger partial charge in [0.15, 0.2) is 5.78 Å². The van der Waals surface area contributed by atoms with E-state index < -0.39 is 0 Å². The Morgan fingerprint density at radius 1 is 1.00 bits per heavy atom. The molecule has 0 spiro atoms. The highest BCUT2D eigenvalue weighted by atomic mass is 16.5. The molecule has 2 unspecified atom stereocenters. The van der Waals surface area contributed by atoms with Crippen LogP contribution in [0.5, 0.6) is 0 Å². The second-order valence-corrected chi connectivity index (χ2v) is 8.18. The molecule has 0 saturated carbocycles. The number of nitrogens with one attached hydrogen (secondary N) is 1. The maximum absolute atomic E-state index is 12.9. The first-order valence-corrected chi connectivity index (χ1v) is 10.7. The monoisotopic (exact) mass is 406 g/mol. The van der Waals surface area contributed by atoms with E-state index in [-0.39, 0.29) is 17.7 Å². The van der Waals surface area contributed by atoms with Gasteiger partial charge in [0.1, 0.15) is 0 Å². The van der Waals surface area contributed by atoms with Crippen LogP contribution in [-0.4, -0.2) is 68.7 Å². The molecular weight excluding hydrogens is 380 g/mol. The fraction of sp³-hybridized carbons (Fsp3) is 0.417. The molecule has 2 saturated heterocycles. The van der Waals surface area contributed by atoms with Crippen molar-refractivity contribution in [2.24, 2.45) is 5.92 Å². The molecule has 2 fully saturated rings. The summed E-state index contributed by atoms with van der Waals surface area (Å²) in [6, 6.07) is 13.3. The SMILES string of the molecule is O=C(NCC(C1CCOC1)N1CCOCC1)c1ccc2c(c1)C(=O)c1ccccc1-2. The maximum Gasteiger partial charge on any atom is 0.251 e. The van der Waals surface area contributed by atoms with E-state index >= 15 is 0 Å². The van der Waals surface area contributed by atoms with E-state index in [0.29, 0.717) is 29.2 Å². The summed E-state index contributed by atoms with van der Waals surface area (Å²) < 4.78 is 11.1. The van der Waals surface area contributed by atoms with Crippen LogP contribution in [0.3, 0.4) is 0 Å². The first kappa shape index (κ1) is 19.4. The van der Waals surface area contributed by atoms with Gasteiger partial charge in [-0.1, -0.05) is 30.3 Å². The minimum Gasteiger partial charge on any atom is -0.381 e. The highest BCUT2D eigenvalue weighted by Gasteiger charge is 2.32. The molecule has 6 heteroatoms. The molecule has 30 heavy (non-hydrogen) atoms. The van der Waals surface area contributed by atoms with E-state index in [2.05, 4.69) is 10.2 Å². The van der Waals surface area contributed by atoms with Gasteiger partial charge in [0.05, 0.1) is 19.8 Å². The van der Waals surface area contributed by atoms with Crippen LogP contribution < -0.4 is 5.32 Å². The number of fused-ring (bicyclic) bond motifs is 3. The van der Waals surface area contributed by atoms with E-state index in [4.69, 9.17) is 9.47 Å². The Hall–Kier alpha value is -2.54. The number of ether oxygens (including phenoxy) is 2. The number of benzene rings is 2. The van der Waals surface area contributed by atoms with Crippen molar-refractivity contribution in [3.05, 3.63) is 59.2 Å². The van der Waals surface area contributed by atoms with Crippen LogP contribution in [0.4, 0.5) is 0 Å². The molecule has 6 nitrogen and oxygen atoms in total. The predicted molar refractivity (Wildman–Crippen MR) is 113 cm³/mol. The third-order valence-electron chi connectivity index (χ3n) is 6.48. The van der Waals surface area contributed by atoms with Gasteiger partial charge in [0.25, 0.3) is 5.91 Å². The number of hydrogen-bond donors (Lipinski definition) is 1. The van der Waals surface area contributed by atoms with Gasteiger partial charge >= 0.3 is 0 Å². The fourth-order valence-electron chi connectivity index (χ4n) is 4.83. The van der Waals surface area contributed by atoms with Crippen molar-refractivity contribution in [1.29, 1.82) is 0 Å². The number of morpholine rings is 1. The third kappa shape index (κ3) is 3.55. The molecule has 2 heterocycles. The molecule has 0 bridgehead atoms. The lowest BCUT2D eigenvalue weighted by atomic mass is 9.96. The van der Waals surface area contributed by atoms with Crippen molar-refractivity contribution in [2.45, 2.75) is 12.5 Å². The van der Waals surface area contributed by atoms with E-state index in [9.17, 15) is 9.59 Å². The minimum atomic E-state index is -0.140. The van der Waals surface area contributed by atoms with Gasteiger partial charge in [-0.2, -0.15) is 0 Å². The van der Waals surface area contributed by atoms with Crippen LogP contribution in [-0.2, 0) is 9.47 Å². The van der Waals surface area contributed by atoms with Gasteiger partial charge in [-0.25, -0.2) is 0 Å². The highest BCUT2D eigenvalue weighted by molar-refractivity contribution is 6.22. The summed E-state index contributed by atoms with van der Waals surface area (Å²) in [6.45, 7) is 5.30. The Morgan fingerprint density at radius 2 is 1.77 bits per heavy atom. The van der Waals surface area contributed by atoms with Crippen molar-refractivity contribution in [2.75, 3.05) is 46.1 Å². The van der Waals surface area contributed by atoms with Crippen molar-refractivity contribution < 1.29 is 19.1 Å². The van der Waals surface area contributed by atoms with Crippen LogP contribution in [0.2, 0.25) is 0 Å². The van der Waals surface area contributed by atoms with Crippen molar-refractivity contribution >= 4 is 11.7 Å². The molecule has 2 atom stereocenters. The molecule has 1 aliphatic carbocycles. The van der Waals surface area contributed by atoms with Gasteiger partial charge in [-0.15, -0.1) is 0 Å². The first-order valence-electron chi connectivity index (χ1n) is 10.7. The van der Waals surface area contributed by atoms with Gasteiger partial charge in [0, 0.05) is 54.9 Å². The average Bonchev–Trinajstić information content (AvgIpc) is 3.42. The number of nitrogens with zero attached hydrogens (tertiary/aromatic N) is 1. The van der Waals surface area contributed by atoms with Crippen molar-refractivity contribution in [3.63, 3.8) is 0 Å². The molecule has 2 aliphatic heterocycles. The molecule has 3 aliphatic rings. The zero-order valence-corrected chi connectivity index (χ0v) is 16.9. The Morgan fingerprint density at radius 3 is 2.53 bits per heavy atom. The Kier molecular flexibility index (Phi) is 5.37. The van der Waals surface area contributed by atoms with Crippen LogP contribution >= 0.6 is 0 Å². The largest absolute Gasteiger partial charge is 0.381 e. The molecule has 2 aromatic carbocycles. The van der Waals surface area contributed by atoms with Crippen LogP contribution in [0.15, 0.2) is 42.5 Å². The molecule has 5 rings (SSSR count). The third-order valence-corrected chi connectivity index (χ3v) is 6.48. The van der Waals surface area contributed by atoms with Crippen LogP contribution in [0, 0.1) is 5.92 Å². The number of carbonyl (C=O) groups excluding carboxylic acids is 2. The number of hydrogen-bond acceptors (Lipinski definition) is 5. The van der Waals surface area contributed by atoms with E-state index in [1.54, 1.807) is 6.07 Å². The summed E-state index contributed by atoms with van der Waals surface area (Å²) >= 11 is 0. The average molecular weight is 406 g/mol. The quantitative estimate of drug-likeness (QED) is 0.705. The summed E-state index contributed by atoms with van der Waals surface area (Å²) in [6.07, 6.45) is 1.02. The summed E-state index contributed by atoms with van der Waals surface area (Å²) in [4.78, 5) is 28.1. The smallest absolute Gasteiger partial charge is 0.251 e. The summed E-state index contributed by atoms with van der Waals surface area (Å²) in [5.74, 6) is 0.266. The summed E-state index contributed by atoms with van der Waals surface area (Å²) in [7, 11) is 0. The normalized spacial score (nSPS) is 21.9. The maximum atomic E-state index is 12.9. The molecule has 0 aromatic heterocycles. The van der Waals surface area contributed by atoms with Crippen molar-refractivity contribution in [3.8, 4) is 11.1 Å². The standard InChI is InChI=1S/C24H26N2O4/c27-23-20-4-2-1-3-18(20)19-6-5-16(13-21(19)23)24(28)25-14-22(17-7-10-30-15-17)26-8-11-29-12-9-26/h1-6,13,17,22H,7-12,14-15H2,(H,25,28). The highest BCUT2D eigenvalue weighted by Crippen LogP contribution is 2.36. The lowest BCUT2D eigenvalue weighted by molar-refractivity contribution is 0.00166. The van der Waals surface area contributed by atoms with E-state index in [1.807, 2.05) is 36.4 Å². The van der Waals surface area contributed by atoms with E-state index in [1.165, 1.54) is 0 Å². The van der Waals surface area contributed by atoms with Crippen molar-refractivity contribution in [1.82, 2.24) is 10.2 Å². The second-order valence-electron chi connectivity index (χ2n) is 8.18. The molecular formula is C24H26N2O4. The number of amides is 1. The zero-order chi connectivity index (χ0) is 20.5.